The number of nitrogens with zero attached hydrogens (tertiary/aromatic N) is 6. The van der Waals surface area contributed by atoms with Gasteiger partial charge in [-0.3, -0.25) is 0 Å². The molecular formula is C11H19N7. The van der Waals surface area contributed by atoms with Crippen LogP contribution in [0.3, 0.4) is 0 Å². The average molecular weight is 249 g/mol. The zero-order valence-corrected chi connectivity index (χ0v) is 11.3. The Morgan fingerprint density at radius 1 is 1.33 bits per heavy atom. The van der Waals surface area contributed by atoms with Crippen molar-refractivity contribution in [2.75, 3.05) is 0 Å². The van der Waals surface area contributed by atoms with E-state index in [9.17, 15) is 0 Å². The molecule has 0 bridgehead atoms. The minimum absolute atomic E-state index is 0.0710. The van der Waals surface area contributed by atoms with E-state index in [1.54, 1.807) is 13.2 Å². The molecule has 0 amide bonds. The quantitative estimate of drug-likeness (QED) is 0.846. The number of tetrazole rings is 1. The topological polar surface area (TPSA) is 73.5 Å². The molecule has 98 valence electrons. The first-order valence-corrected chi connectivity index (χ1v) is 5.92. The molecule has 0 atom stereocenters. The molecule has 2 aromatic rings. The summed E-state index contributed by atoms with van der Waals surface area (Å²) in [5.74, 6) is 1.66. The predicted octanol–water partition coefficient (Wildman–Crippen LogP) is 0.343. The Bertz CT molecular complexity index is 505. The minimum atomic E-state index is 0.0710. The first kappa shape index (κ1) is 12.7. The highest BCUT2D eigenvalue weighted by Gasteiger charge is 2.12. The van der Waals surface area contributed by atoms with Gasteiger partial charge in [0.15, 0.2) is 5.82 Å². The van der Waals surface area contributed by atoms with Gasteiger partial charge < -0.3 is 9.88 Å². The first-order chi connectivity index (χ1) is 8.44. The smallest absolute Gasteiger partial charge is 0.194 e. The van der Waals surface area contributed by atoms with Gasteiger partial charge in [0.2, 0.25) is 0 Å². The van der Waals surface area contributed by atoms with Crippen LogP contribution in [-0.4, -0.2) is 35.3 Å². The maximum Gasteiger partial charge on any atom is 0.194 e. The summed E-state index contributed by atoms with van der Waals surface area (Å²) in [5, 5.41) is 15.4. The maximum absolute atomic E-state index is 4.34. The Labute approximate surface area is 106 Å². The Kier molecular flexibility index (Phi) is 3.42. The minimum Gasteiger partial charge on any atom is -0.326 e. The Morgan fingerprint density at radius 3 is 2.72 bits per heavy atom. The second kappa shape index (κ2) is 4.85. The van der Waals surface area contributed by atoms with Crippen LogP contribution in [0.4, 0.5) is 0 Å². The second-order valence-corrected chi connectivity index (χ2v) is 5.27. The highest BCUT2D eigenvalue weighted by atomic mass is 15.6. The Balaban J connectivity index is 2.03. The summed E-state index contributed by atoms with van der Waals surface area (Å²) in [5.41, 5.74) is 0.0710. The molecular weight excluding hydrogens is 230 g/mol. The molecule has 0 unspecified atom stereocenters. The third-order valence-corrected chi connectivity index (χ3v) is 2.44. The van der Waals surface area contributed by atoms with E-state index in [1.807, 2.05) is 10.8 Å². The fraction of sp³-hybridized carbons (Fsp3) is 0.636. The molecule has 0 radical (unpaired) electrons. The van der Waals surface area contributed by atoms with E-state index in [4.69, 9.17) is 0 Å². The molecule has 2 aromatic heterocycles. The lowest BCUT2D eigenvalue weighted by Gasteiger charge is -2.20. The molecule has 0 saturated carbocycles. The van der Waals surface area contributed by atoms with Gasteiger partial charge in [0.1, 0.15) is 5.82 Å². The van der Waals surface area contributed by atoms with Crippen LogP contribution in [0.25, 0.3) is 0 Å². The van der Waals surface area contributed by atoms with Crippen molar-refractivity contribution >= 4 is 0 Å². The Hall–Kier alpha value is -1.76. The monoisotopic (exact) mass is 249 g/mol. The molecule has 18 heavy (non-hydrogen) atoms. The van der Waals surface area contributed by atoms with Gasteiger partial charge >= 0.3 is 0 Å². The molecule has 0 spiro atoms. The zero-order valence-electron chi connectivity index (χ0n) is 11.3. The fourth-order valence-electron chi connectivity index (χ4n) is 1.53. The summed E-state index contributed by atoms with van der Waals surface area (Å²) in [6.45, 7) is 7.70. The van der Waals surface area contributed by atoms with Gasteiger partial charge in [-0.2, -0.15) is 4.80 Å². The number of rotatable bonds is 4. The third kappa shape index (κ3) is 3.36. The van der Waals surface area contributed by atoms with Gasteiger partial charge in [-0.15, -0.1) is 10.2 Å². The van der Waals surface area contributed by atoms with E-state index in [0.29, 0.717) is 12.4 Å². The van der Waals surface area contributed by atoms with Crippen molar-refractivity contribution in [1.82, 2.24) is 35.1 Å². The number of hydrogen-bond donors (Lipinski definition) is 1. The van der Waals surface area contributed by atoms with Crippen molar-refractivity contribution < 1.29 is 0 Å². The molecule has 0 saturated heterocycles. The summed E-state index contributed by atoms with van der Waals surface area (Å²) < 4.78 is 2.02. The van der Waals surface area contributed by atoms with Crippen molar-refractivity contribution in [3.8, 4) is 0 Å². The Morgan fingerprint density at radius 2 is 2.11 bits per heavy atom. The third-order valence-electron chi connectivity index (χ3n) is 2.44. The number of imidazole rings is 1. The van der Waals surface area contributed by atoms with E-state index in [0.717, 1.165) is 12.4 Å². The van der Waals surface area contributed by atoms with Crippen LogP contribution >= 0.6 is 0 Å². The lowest BCUT2D eigenvalue weighted by atomic mass is 10.1. The molecule has 2 rings (SSSR count). The van der Waals surface area contributed by atoms with Crippen molar-refractivity contribution in [3.05, 3.63) is 24.0 Å². The van der Waals surface area contributed by atoms with E-state index in [2.05, 4.69) is 46.5 Å². The van der Waals surface area contributed by atoms with Crippen LogP contribution < -0.4 is 5.32 Å². The standard InChI is InChI=1S/C11H19N7/c1-11(2,3)13-7-10-12-5-6-18(10)8-9-14-16-17(4)15-9/h5-6,13H,7-8H2,1-4H3. The highest BCUT2D eigenvalue weighted by molar-refractivity contribution is 4.96. The van der Waals surface area contributed by atoms with Crippen LogP contribution in [0, 0.1) is 0 Å². The first-order valence-electron chi connectivity index (χ1n) is 5.92. The van der Waals surface area contributed by atoms with Gasteiger partial charge in [-0.25, -0.2) is 4.98 Å². The molecule has 0 fully saturated rings. The highest BCUT2D eigenvalue weighted by Crippen LogP contribution is 2.04. The molecule has 2 heterocycles. The van der Waals surface area contributed by atoms with Gasteiger partial charge in [-0.05, 0) is 26.0 Å². The average Bonchev–Trinajstić information content (AvgIpc) is 2.85. The number of aromatic nitrogens is 6. The van der Waals surface area contributed by atoms with Gasteiger partial charge in [0.05, 0.1) is 20.1 Å². The lowest BCUT2D eigenvalue weighted by Crippen LogP contribution is -2.36. The maximum atomic E-state index is 4.34. The summed E-state index contributed by atoms with van der Waals surface area (Å²) >= 11 is 0. The van der Waals surface area contributed by atoms with E-state index in [-0.39, 0.29) is 5.54 Å². The van der Waals surface area contributed by atoms with Crippen LogP contribution in [0.2, 0.25) is 0 Å². The SMILES string of the molecule is Cn1nnc(Cn2ccnc2CNC(C)(C)C)n1. The number of aryl methyl sites for hydroxylation is 1. The van der Waals surface area contributed by atoms with Gasteiger partial charge in [0.25, 0.3) is 0 Å². The summed E-state index contributed by atoms with van der Waals surface area (Å²) in [6, 6.07) is 0. The van der Waals surface area contributed by atoms with Crippen LogP contribution in [-0.2, 0) is 20.1 Å². The van der Waals surface area contributed by atoms with Crippen molar-refractivity contribution in [3.63, 3.8) is 0 Å². The van der Waals surface area contributed by atoms with Gasteiger partial charge in [-0.1, -0.05) is 0 Å². The molecule has 0 aromatic carbocycles. The molecule has 1 N–H and O–H groups in total. The molecule has 7 nitrogen and oxygen atoms in total. The number of hydrogen-bond acceptors (Lipinski definition) is 5. The zero-order chi connectivity index (χ0) is 13.2. The van der Waals surface area contributed by atoms with Crippen molar-refractivity contribution in [1.29, 1.82) is 0 Å². The summed E-state index contributed by atoms with van der Waals surface area (Å²) in [6.07, 6.45) is 3.71. The molecule has 7 heteroatoms. The van der Waals surface area contributed by atoms with Gasteiger partial charge in [0, 0.05) is 17.9 Å². The van der Waals surface area contributed by atoms with E-state index >= 15 is 0 Å². The molecule has 0 aliphatic carbocycles. The van der Waals surface area contributed by atoms with E-state index in [1.165, 1.54) is 4.80 Å². The molecule has 0 aliphatic rings. The van der Waals surface area contributed by atoms with Crippen LogP contribution in [0.5, 0.6) is 0 Å². The summed E-state index contributed by atoms with van der Waals surface area (Å²) in [4.78, 5) is 5.80. The summed E-state index contributed by atoms with van der Waals surface area (Å²) in [7, 11) is 1.76. The second-order valence-electron chi connectivity index (χ2n) is 5.27. The molecule has 0 aliphatic heterocycles. The number of nitrogens with one attached hydrogen (secondary N) is 1. The predicted molar refractivity (Wildman–Crippen MR) is 66.7 cm³/mol. The van der Waals surface area contributed by atoms with Crippen molar-refractivity contribution in [2.45, 2.75) is 39.4 Å². The lowest BCUT2D eigenvalue weighted by molar-refractivity contribution is 0.412. The largest absolute Gasteiger partial charge is 0.326 e. The van der Waals surface area contributed by atoms with E-state index < -0.39 is 0 Å². The normalized spacial score (nSPS) is 12.0. The van der Waals surface area contributed by atoms with Crippen LogP contribution in [0.1, 0.15) is 32.4 Å². The van der Waals surface area contributed by atoms with Crippen molar-refractivity contribution in [2.24, 2.45) is 7.05 Å². The van der Waals surface area contributed by atoms with Crippen LogP contribution in [0.15, 0.2) is 12.4 Å². The fourth-order valence-corrected chi connectivity index (χ4v) is 1.53.